The van der Waals surface area contributed by atoms with Gasteiger partial charge in [-0.15, -0.1) is 0 Å². The van der Waals surface area contributed by atoms with Crippen LogP contribution in [0.4, 0.5) is 4.79 Å². The number of carbonyl (C=O) groups excluding carboxylic acids is 3. The highest BCUT2D eigenvalue weighted by molar-refractivity contribution is 5.85. The molecule has 8 nitrogen and oxygen atoms in total. The second-order valence-electron chi connectivity index (χ2n) is 6.69. The average molecular weight is 345 g/mol. The molecule has 0 rings (SSSR count). The highest BCUT2D eigenvalue weighted by Gasteiger charge is 2.21. The lowest BCUT2D eigenvalue weighted by atomic mass is 10.2. The summed E-state index contributed by atoms with van der Waals surface area (Å²) in [7, 11) is 3.17. The molecule has 0 heterocycles. The molecule has 0 aliphatic rings. The average Bonchev–Trinajstić information content (AvgIpc) is 2.47. The largest absolute Gasteiger partial charge is 0.468 e. The van der Waals surface area contributed by atoms with Gasteiger partial charge in [0.05, 0.1) is 7.11 Å². The Morgan fingerprint density at radius 2 is 1.75 bits per heavy atom. The zero-order valence-corrected chi connectivity index (χ0v) is 15.8. The monoisotopic (exact) mass is 345 g/mol. The first-order valence-electron chi connectivity index (χ1n) is 8.03. The Morgan fingerprint density at radius 3 is 2.25 bits per heavy atom. The molecular formula is C16H31N3O5. The summed E-state index contributed by atoms with van der Waals surface area (Å²) in [5, 5.41) is 5.22. The van der Waals surface area contributed by atoms with Crippen LogP contribution in [0.3, 0.4) is 0 Å². The maximum atomic E-state index is 11.9. The van der Waals surface area contributed by atoms with Gasteiger partial charge in [0, 0.05) is 13.1 Å². The minimum atomic E-state index is -0.688. The van der Waals surface area contributed by atoms with Crippen LogP contribution in [0, 0.1) is 0 Å². The summed E-state index contributed by atoms with van der Waals surface area (Å²) in [5.41, 5.74) is -0.610. The summed E-state index contributed by atoms with van der Waals surface area (Å²) in [5.74, 6) is -0.582. The molecule has 0 aliphatic heterocycles. The second-order valence-corrected chi connectivity index (χ2v) is 6.69. The van der Waals surface area contributed by atoms with Gasteiger partial charge in [0.2, 0.25) is 5.91 Å². The Kier molecular flexibility index (Phi) is 9.35. The minimum absolute atomic E-state index is 0.287. The number of likely N-dealkylation sites (N-methyl/N-ethyl adjacent to an activating group) is 1. The van der Waals surface area contributed by atoms with Gasteiger partial charge in [0.25, 0.3) is 0 Å². The molecule has 2 atom stereocenters. The van der Waals surface area contributed by atoms with Crippen LogP contribution in [-0.2, 0) is 19.1 Å². The molecule has 24 heavy (non-hydrogen) atoms. The molecule has 8 heteroatoms. The van der Waals surface area contributed by atoms with Crippen molar-refractivity contribution < 1.29 is 23.9 Å². The van der Waals surface area contributed by atoms with Gasteiger partial charge < -0.3 is 20.1 Å². The van der Waals surface area contributed by atoms with E-state index in [0.29, 0.717) is 19.5 Å². The first-order valence-corrected chi connectivity index (χ1v) is 8.03. The van der Waals surface area contributed by atoms with Gasteiger partial charge in [0.1, 0.15) is 17.7 Å². The zero-order valence-electron chi connectivity index (χ0n) is 15.8. The smallest absolute Gasteiger partial charge is 0.408 e. The molecule has 2 amide bonds. The van der Waals surface area contributed by atoms with Crippen LogP contribution in [0.5, 0.6) is 0 Å². The number of hydrogen-bond donors (Lipinski definition) is 2. The highest BCUT2D eigenvalue weighted by atomic mass is 16.6. The van der Waals surface area contributed by atoms with E-state index in [4.69, 9.17) is 4.74 Å². The Bertz CT molecular complexity index is 434. The fourth-order valence-corrected chi connectivity index (χ4v) is 1.79. The maximum absolute atomic E-state index is 11.9. The van der Waals surface area contributed by atoms with E-state index in [1.54, 1.807) is 34.6 Å². The fourth-order valence-electron chi connectivity index (χ4n) is 1.79. The zero-order chi connectivity index (χ0) is 18.9. The molecule has 140 valence electrons. The number of carbonyl (C=O) groups is 3. The van der Waals surface area contributed by atoms with Crippen LogP contribution >= 0.6 is 0 Å². The SMILES string of the molecule is COC(=O)[C@H](C)N(C)CCCNC(=O)[C@H](C)NC(=O)OC(C)(C)C. The van der Waals surface area contributed by atoms with Crippen LogP contribution in [-0.4, -0.2) is 67.8 Å². The first-order chi connectivity index (χ1) is 11.0. The van der Waals surface area contributed by atoms with Crippen molar-refractivity contribution in [3.8, 4) is 0 Å². The van der Waals surface area contributed by atoms with Crippen molar-refractivity contribution in [3.63, 3.8) is 0 Å². The summed E-state index contributed by atoms with van der Waals surface area (Å²) in [6.07, 6.45) is 0.0414. The van der Waals surface area contributed by atoms with E-state index in [1.807, 2.05) is 11.9 Å². The number of alkyl carbamates (subject to hydrolysis) is 1. The lowest BCUT2D eigenvalue weighted by Gasteiger charge is -2.23. The van der Waals surface area contributed by atoms with Crippen molar-refractivity contribution in [1.82, 2.24) is 15.5 Å². The summed E-state index contributed by atoms with van der Waals surface area (Å²) < 4.78 is 9.77. The topological polar surface area (TPSA) is 97.0 Å². The number of methoxy groups -OCH3 is 1. The normalized spacial score (nSPS) is 13.8. The molecule has 0 aromatic heterocycles. The molecular weight excluding hydrogens is 314 g/mol. The standard InChI is InChI=1S/C16H31N3O5/c1-11(18-15(22)24-16(3,4)5)13(20)17-9-8-10-19(6)12(2)14(21)23-7/h11-12H,8-10H2,1-7H3,(H,17,20)(H,18,22)/t11-,12-/m0/s1. The van der Waals surface area contributed by atoms with E-state index < -0.39 is 17.7 Å². The number of nitrogens with one attached hydrogen (secondary N) is 2. The van der Waals surface area contributed by atoms with Crippen LogP contribution in [0.15, 0.2) is 0 Å². The van der Waals surface area contributed by atoms with Gasteiger partial charge in [-0.05, 0) is 48.1 Å². The molecule has 0 saturated heterocycles. The molecule has 0 aliphatic carbocycles. The lowest BCUT2D eigenvalue weighted by Crippen LogP contribution is -2.47. The van der Waals surface area contributed by atoms with Crippen LogP contribution in [0.2, 0.25) is 0 Å². The Labute approximate surface area is 144 Å². The number of ether oxygens (including phenoxy) is 2. The molecule has 0 aromatic carbocycles. The molecule has 0 saturated carbocycles. The molecule has 0 fully saturated rings. The number of nitrogens with zero attached hydrogens (tertiary/aromatic N) is 1. The summed E-state index contributed by atoms with van der Waals surface area (Å²) in [4.78, 5) is 36.8. The van der Waals surface area contributed by atoms with Gasteiger partial charge in [-0.3, -0.25) is 14.5 Å². The first kappa shape index (κ1) is 22.2. The van der Waals surface area contributed by atoms with Crippen molar-refractivity contribution in [2.75, 3.05) is 27.2 Å². The van der Waals surface area contributed by atoms with Crippen molar-refractivity contribution in [1.29, 1.82) is 0 Å². The van der Waals surface area contributed by atoms with Gasteiger partial charge in [-0.2, -0.15) is 0 Å². The summed E-state index contributed by atoms with van der Waals surface area (Å²) >= 11 is 0. The maximum Gasteiger partial charge on any atom is 0.408 e. The second kappa shape index (κ2) is 10.1. The van der Waals surface area contributed by atoms with E-state index in [2.05, 4.69) is 15.4 Å². The van der Waals surface area contributed by atoms with E-state index >= 15 is 0 Å². The lowest BCUT2D eigenvalue weighted by molar-refractivity contribution is -0.145. The third kappa shape index (κ3) is 9.34. The summed E-state index contributed by atoms with van der Waals surface area (Å²) in [6.45, 7) is 9.68. The molecule has 0 bridgehead atoms. The van der Waals surface area contributed by atoms with E-state index in [9.17, 15) is 14.4 Å². The number of hydrogen-bond acceptors (Lipinski definition) is 6. The summed E-state index contributed by atoms with van der Waals surface area (Å²) in [6, 6.07) is -1.02. The van der Waals surface area contributed by atoms with Crippen molar-refractivity contribution in [2.45, 2.75) is 58.7 Å². The fraction of sp³-hybridized carbons (Fsp3) is 0.812. The van der Waals surface area contributed by atoms with Crippen LogP contribution < -0.4 is 10.6 Å². The third-order valence-electron chi connectivity index (χ3n) is 3.32. The molecule has 0 radical (unpaired) electrons. The van der Waals surface area contributed by atoms with Gasteiger partial charge in [-0.25, -0.2) is 4.79 Å². The quantitative estimate of drug-likeness (QED) is 0.501. The molecule has 0 unspecified atom stereocenters. The predicted molar refractivity (Wildman–Crippen MR) is 90.6 cm³/mol. The van der Waals surface area contributed by atoms with E-state index in [-0.39, 0.29) is 17.9 Å². The number of amides is 2. The number of rotatable bonds is 8. The van der Waals surface area contributed by atoms with Gasteiger partial charge in [-0.1, -0.05) is 0 Å². The number of esters is 1. The van der Waals surface area contributed by atoms with Crippen molar-refractivity contribution in [3.05, 3.63) is 0 Å². The van der Waals surface area contributed by atoms with Crippen LogP contribution in [0.1, 0.15) is 41.0 Å². The van der Waals surface area contributed by atoms with Crippen molar-refractivity contribution in [2.24, 2.45) is 0 Å². The van der Waals surface area contributed by atoms with Crippen molar-refractivity contribution >= 4 is 18.0 Å². The third-order valence-corrected chi connectivity index (χ3v) is 3.32. The van der Waals surface area contributed by atoms with E-state index in [0.717, 1.165) is 0 Å². The Hall–Kier alpha value is -1.83. The molecule has 0 spiro atoms. The van der Waals surface area contributed by atoms with Crippen LogP contribution in [0.25, 0.3) is 0 Å². The van der Waals surface area contributed by atoms with Gasteiger partial charge in [0.15, 0.2) is 0 Å². The Balaban J connectivity index is 4.05. The Morgan fingerprint density at radius 1 is 1.17 bits per heavy atom. The molecule has 0 aromatic rings. The minimum Gasteiger partial charge on any atom is -0.468 e. The van der Waals surface area contributed by atoms with E-state index in [1.165, 1.54) is 7.11 Å². The molecule has 2 N–H and O–H groups in total. The van der Waals surface area contributed by atoms with Gasteiger partial charge >= 0.3 is 12.1 Å². The predicted octanol–water partition coefficient (Wildman–Crippen LogP) is 0.899. The highest BCUT2D eigenvalue weighted by Crippen LogP contribution is 2.06.